The molecule has 1 aliphatic heterocycles. The number of ether oxygens (including phenoxy) is 2. The molecule has 0 spiro atoms. The first-order valence-electron chi connectivity index (χ1n) is 5.70. The summed E-state index contributed by atoms with van der Waals surface area (Å²) < 4.78 is 22.1. The number of rotatable bonds is 6. The van der Waals surface area contributed by atoms with E-state index in [1.165, 1.54) is 0 Å². The van der Waals surface area contributed by atoms with E-state index in [-0.39, 0.29) is 11.8 Å². The van der Waals surface area contributed by atoms with Gasteiger partial charge >= 0.3 is 108 Å². The Morgan fingerprint density at radius 3 is 2.44 bits per heavy atom. The Hall–Kier alpha value is 0.118. The van der Waals surface area contributed by atoms with Gasteiger partial charge in [0.1, 0.15) is 0 Å². The van der Waals surface area contributed by atoms with Crippen molar-refractivity contribution < 1.29 is 33.6 Å². The molecular formula is C10H21AsO7. The molecule has 1 rings (SSSR count). The topological polar surface area (TPSA) is 116 Å². The molecule has 7 nitrogen and oxygen atoms in total. The number of aliphatic hydroxyl groups is 4. The molecule has 0 aromatic carbocycles. The van der Waals surface area contributed by atoms with Gasteiger partial charge < -0.3 is 0 Å². The van der Waals surface area contributed by atoms with E-state index in [9.17, 15) is 14.0 Å². The van der Waals surface area contributed by atoms with Crippen molar-refractivity contribution in [1.29, 1.82) is 0 Å². The molecule has 5 atom stereocenters. The summed E-state index contributed by atoms with van der Waals surface area (Å²) >= 11 is -2.99. The van der Waals surface area contributed by atoms with Crippen molar-refractivity contribution in [3.8, 4) is 0 Å². The first-order chi connectivity index (χ1) is 8.24. The van der Waals surface area contributed by atoms with Crippen LogP contribution in [0.4, 0.5) is 0 Å². The predicted molar refractivity (Wildman–Crippen MR) is 62.7 cm³/mol. The number of hydrogen-bond acceptors (Lipinski definition) is 7. The van der Waals surface area contributed by atoms with Crippen molar-refractivity contribution in [2.45, 2.75) is 47.3 Å². The molecule has 0 radical (unpaired) electrons. The Kier molecular flexibility index (Phi) is 5.86. The maximum atomic E-state index is 11.7. The zero-order valence-corrected chi connectivity index (χ0v) is 12.3. The second-order valence-corrected chi connectivity index (χ2v) is 12.3. The molecule has 0 saturated carbocycles. The molecule has 0 aromatic heterocycles. The van der Waals surface area contributed by atoms with Gasteiger partial charge in [-0.1, -0.05) is 0 Å². The second-order valence-electron chi connectivity index (χ2n) is 4.95. The van der Waals surface area contributed by atoms with E-state index in [1.54, 1.807) is 11.4 Å². The fraction of sp³-hybridized carbons (Fsp3) is 1.00. The third-order valence-corrected chi connectivity index (χ3v) is 5.20. The van der Waals surface area contributed by atoms with Crippen molar-refractivity contribution in [1.82, 2.24) is 0 Å². The summed E-state index contributed by atoms with van der Waals surface area (Å²) in [6.07, 6.45) is -5.27. The quantitative estimate of drug-likeness (QED) is 0.436. The van der Waals surface area contributed by atoms with E-state index >= 15 is 0 Å². The number of hydrogen-bond donors (Lipinski definition) is 4. The SMILES string of the molecule is C[As](C)(=O)C[C@H]1O[C@H](OC[C@H](O)CO)[C@@H](O)[C@@H]1O. The summed E-state index contributed by atoms with van der Waals surface area (Å²) in [7, 11) is 0. The van der Waals surface area contributed by atoms with Crippen LogP contribution in [0.25, 0.3) is 0 Å². The molecule has 1 saturated heterocycles. The summed E-state index contributed by atoms with van der Waals surface area (Å²) in [5.74, 6) is 0. The summed E-state index contributed by atoms with van der Waals surface area (Å²) in [5, 5.41) is 37.3. The third-order valence-electron chi connectivity index (χ3n) is 2.60. The third kappa shape index (κ3) is 4.66. The van der Waals surface area contributed by atoms with Gasteiger partial charge in [0.15, 0.2) is 0 Å². The van der Waals surface area contributed by atoms with Crippen molar-refractivity contribution in [2.75, 3.05) is 13.2 Å². The summed E-state index contributed by atoms with van der Waals surface area (Å²) in [4.78, 5) is 0. The van der Waals surface area contributed by atoms with Crippen LogP contribution in [0.2, 0.25) is 16.6 Å². The minimum absolute atomic E-state index is 0.207. The van der Waals surface area contributed by atoms with Gasteiger partial charge in [-0.3, -0.25) is 0 Å². The van der Waals surface area contributed by atoms with E-state index in [4.69, 9.17) is 19.7 Å². The first kappa shape index (κ1) is 16.2. The van der Waals surface area contributed by atoms with Gasteiger partial charge in [0.2, 0.25) is 0 Å². The van der Waals surface area contributed by atoms with Crippen LogP contribution >= 0.6 is 0 Å². The summed E-state index contributed by atoms with van der Waals surface area (Å²) in [6.45, 7) is -0.671. The first-order valence-corrected chi connectivity index (χ1v) is 11.6. The van der Waals surface area contributed by atoms with E-state index in [1.807, 2.05) is 0 Å². The Balaban J connectivity index is 2.51. The standard InChI is InChI=1S/C10H21AsO7/c1-11(2,16)3-7-8(14)9(15)10(18-7)17-5-6(13)4-12/h6-10,12-15H,3-5H2,1-2H3/t6-,7-,8-,9+,10+/m1/s1. The minimum atomic E-state index is -2.99. The Morgan fingerprint density at radius 1 is 1.33 bits per heavy atom. The zero-order valence-electron chi connectivity index (χ0n) is 10.5. The van der Waals surface area contributed by atoms with Gasteiger partial charge in [0, 0.05) is 0 Å². The molecule has 8 heteroatoms. The van der Waals surface area contributed by atoms with Gasteiger partial charge in [0.25, 0.3) is 0 Å². The average molecular weight is 328 g/mol. The predicted octanol–water partition coefficient (Wildman–Crippen LogP) is -1.56. The van der Waals surface area contributed by atoms with Crippen LogP contribution < -0.4 is 0 Å². The molecule has 0 unspecified atom stereocenters. The fourth-order valence-corrected chi connectivity index (χ4v) is 4.15. The van der Waals surface area contributed by atoms with Gasteiger partial charge in [-0.2, -0.15) is 0 Å². The Labute approximate surface area is 108 Å². The van der Waals surface area contributed by atoms with Crippen LogP contribution in [0.1, 0.15) is 0 Å². The van der Waals surface area contributed by atoms with E-state index in [2.05, 4.69) is 0 Å². The van der Waals surface area contributed by atoms with Crippen molar-refractivity contribution >= 4 is 13.5 Å². The molecule has 1 heterocycles. The van der Waals surface area contributed by atoms with Gasteiger partial charge in [-0.25, -0.2) is 0 Å². The van der Waals surface area contributed by atoms with E-state index in [0.717, 1.165) is 0 Å². The maximum absolute atomic E-state index is 11.7. The van der Waals surface area contributed by atoms with Crippen molar-refractivity contribution in [2.24, 2.45) is 0 Å². The summed E-state index contributed by atoms with van der Waals surface area (Å²) in [6, 6.07) is 0. The molecule has 108 valence electrons. The van der Waals surface area contributed by atoms with Crippen molar-refractivity contribution in [3.63, 3.8) is 0 Å². The van der Waals surface area contributed by atoms with Gasteiger partial charge in [-0.05, 0) is 0 Å². The molecule has 1 aliphatic rings. The molecule has 0 aromatic rings. The zero-order chi connectivity index (χ0) is 13.9. The van der Waals surface area contributed by atoms with Crippen molar-refractivity contribution in [3.05, 3.63) is 0 Å². The normalized spacial score (nSPS) is 34.8. The molecule has 1 fully saturated rings. The molecular weight excluding hydrogens is 307 g/mol. The molecule has 4 N–H and O–H groups in total. The van der Waals surface area contributed by atoms with Crippen LogP contribution in [-0.4, -0.2) is 77.8 Å². The monoisotopic (exact) mass is 328 g/mol. The van der Waals surface area contributed by atoms with Crippen LogP contribution in [-0.2, 0) is 13.2 Å². The van der Waals surface area contributed by atoms with Crippen LogP contribution in [0.3, 0.4) is 0 Å². The Bertz CT molecular complexity index is 305. The second kappa shape index (κ2) is 6.52. The summed E-state index contributed by atoms with van der Waals surface area (Å²) in [5.41, 5.74) is 3.26. The van der Waals surface area contributed by atoms with Gasteiger partial charge in [-0.15, -0.1) is 0 Å². The van der Waals surface area contributed by atoms with Crippen LogP contribution in [0.5, 0.6) is 0 Å². The molecule has 18 heavy (non-hydrogen) atoms. The van der Waals surface area contributed by atoms with E-state index in [0.29, 0.717) is 0 Å². The van der Waals surface area contributed by atoms with Gasteiger partial charge in [0.05, 0.1) is 0 Å². The average Bonchev–Trinajstić information content (AvgIpc) is 2.52. The van der Waals surface area contributed by atoms with E-state index < -0.39 is 50.8 Å². The fourth-order valence-electron chi connectivity index (χ4n) is 1.70. The number of aliphatic hydroxyl groups excluding tert-OH is 4. The molecule has 0 amide bonds. The van der Waals surface area contributed by atoms with Crippen LogP contribution in [0.15, 0.2) is 0 Å². The molecule has 0 bridgehead atoms. The Morgan fingerprint density at radius 2 is 1.94 bits per heavy atom. The molecule has 0 aliphatic carbocycles. The van der Waals surface area contributed by atoms with Crippen LogP contribution in [0, 0.1) is 0 Å².